The molecule has 32 heavy (non-hydrogen) atoms. The monoisotopic (exact) mass is 426 g/mol. The minimum atomic E-state index is -0.521. The third kappa shape index (κ3) is 5.26. The van der Waals surface area contributed by atoms with E-state index in [0.717, 1.165) is 44.3 Å². The third-order valence-electron chi connectivity index (χ3n) is 6.87. The van der Waals surface area contributed by atoms with Crippen LogP contribution in [-0.2, 0) is 18.5 Å². The fraction of sp³-hybridized carbons (Fsp3) is 0.345. The van der Waals surface area contributed by atoms with E-state index in [1.807, 2.05) is 24.3 Å². The summed E-state index contributed by atoms with van der Waals surface area (Å²) in [6.45, 7) is 4.01. The number of nitrogens with zero attached hydrogens (tertiary/aromatic N) is 2. The fourth-order valence-electron chi connectivity index (χ4n) is 4.74. The standard InChI is InChI=1S/C29H31FN2/c1-23(18-19-29(22-31,26-12-13-26)27-14-16-28(30)17-15-27)32(20-24-8-4-2-5-9-24)21-25-10-6-3-7-11-25/h2-11,14-17,23,26H,12-13,18-21H2,1H3. The Hall–Kier alpha value is -2.96. The zero-order chi connectivity index (χ0) is 22.4. The van der Waals surface area contributed by atoms with Gasteiger partial charge in [-0.05, 0) is 67.3 Å². The van der Waals surface area contributed by atoms with E-state index < -0.39 is 5.41 Å². The van der Waals surface area contributed by atoms with Crippen molar-refractivity contribution in [3.8, 4) is 6.07 Å². The minimum Gasteiger partial charge on any atom is -0.292 e. The van der Waals surface area contributed by atoms with Gasteiger partial charge < -0.3 is 0 Å². The maximum Gasteiger partial charge on any atom is 0.123 e. The first kappa shape index (κ1) is 22.2. The molecule has 0 bridgehead atoms. The fourth-order valence-corrected chi connectivity index (χ4v) is 4.74. The molecule has 3 heteroatoms. The molecule has 164 valence electrons. The third-order valence-corrected chi connectivity index (χ3v) is 6.87. The lowest BCUT2D eigenvalue weighted by Gasteiger charge is -2.33. The molecule has 0 heterocycles. The van der Waals surface area contributed by atoms with Crippen LogP contribution in [0.15, 0.2) is 84.9 Å². The Balaban J connectivity index is 1.52. The first-order valence-electron chi connectivity index (χ1n) is 11.6. The summed E-state index contributed by atoms with van der Waals surface area (Å²) in [6.07, 6.45) is 3.87. The second kappa shape index (κ2) is 10.1. The Morgan fingerprint density at radius 1 is 0.906 bits per heavy atom. The van der Waals surface area contributed by atoms with Gasteiger partial charge in [-0.3, -0.25) is 4.90 Å². The Kier molecular flexibility index (Phi) is 7.02. The van der Waals surface area contributed by atoms with Crippen molar-refractivity contribution in [2.45, 2.75) is 57.2 Å². The van der Waals surface area contributed by atoms with Crippen molar-refractivity contribution in [2.75, 3.05) is 0 Å². The summed E-state index contributed by atoms with van der Waals surface area (Å²) >= 11 is 0. The number of hydrogen-bond acceptors (Lipinski definition) is 2. The summed E-state index contributed by atoms with van der Waals surface area (Å²) in [5.74, 6) is 0.128. The molecule has 1 aliphatic carbocycles. The molecule has 1 aliphatic rings. The van der Waals surface area contributed by atoms with Crippen LogP contribution in [0.3, 0.4) is 0 Å². The highest BCUT2D eigenvalue weighted by Gasteiger charge is 2.46. The van der Waals surface area contributed by atoms with Gasteiger partial charge in [-0.2, -0.15) is 5.26 Å². The van der Waals surface area contributed by atoms with Crippen LogP contribution in [0.2, 0.25) is 0 Å². The molecule has 2 atom stereocenters. The molecule has 0 aliphatic heterocycles. The Bertz CT molecular complexity index is 981. The molecule has 4 rings (SSSR count). The van der Waals surface area contributed by atoms with Crippen LogP contribution < -0.4 is 0 Å². The molecule has 2 unspecified atom stereocenters. The minimum absolute atomic E-state index is 0.248. The molecular formula is C29H31FN2. The highest BCUT2D eigenvalue weighted by molar-refractivity contribution is 5.36. The summed E-state index contributed by atoms with van der Waals surface area (Å²) in [4.78, 5) is 2.50. The predicted octanol–water partition coefficient (Wildman–Crippen LogP) is 6.87. The normalized spacial score (nSPS) is 16.3. The quantitative estimate of drug-likeness (QED) is 0.354. The number of hydrogen-bond donors (Lipinski definition) is 0. The van der Waals surface area contributed by atoms with Crippen LogP contribution in [0.5, 0.6) is 0 Å². The highest BCUT2D eigenvalue weighted by Crippen LogP contribution is 2.50. The van der Waals surface area contributed by atoms with Crippen LogP contribution in [0.25, 0.3) is 0 Å². The van der Waals surface area contributed by atoms with E-state index in [0.29, 0.717) is 12.0 Å². The molecule has 0 amide bonds. The van der Waals surface area contributed by atoms with Crippen LogP contribution >= 0.6 is 0 Å². The van der Waals surface area contributed by atoms with Crippen molar-refractivity contribution in [2.24, 2.45) is 5.92 Å². The van der Waals surface area contributed by atoms with Crippen molar-refractivity contribution < 1.29 is 4.39 Å². The van der Waals surface area contributed by atoms with Crippen molar-refractivity contribution in [3.05, 3.63) is 107 Å². The summed E-state index contributed by atoms with van der Waals surface area (Å²) in [5, 5.41) is 10.3. The van der Waals surface area contributed by atoms with Crippen LogP contribution in [-0.4, -0.2) is 10.9 Å². The zero-order valence-electron chi connectivity index (χ0n) is 18.8. The summed E-state index contributed by atoms with van der Waals surface area (Å²) in [6, 6.07) is 30.7. The predicted molar refractivity (Wildman–Crippen MR) is 127 cm³/mol. The molecule has 0 spiro atoms. The zero-order valence-corrected chi connectivity index (χ0v) is 18.8. The van der Waals surface area contributed by atoms with Crippen LogP contribution in [0.1, 0.15) is 49.3 Å². The van der Waals surface area contributed by atoms with Gasteiger partial charge in [-0.25, -0.2) is 4.39 Å². The van der Waals surface area contributed by atoms with Gasteiger partial charge >= 0.3 is 0 Å². The van der Waals surface area contributed by atoms with Crippen molar-refractivity contribution in [1.29, 1.82) is 5.26 Å². The Morgan fingerprint density at radius 2 is 1.44 bits per heavy atom. The van der Waals surface area contributed by atoms with Gasteiger partial charge in [0.05, 0.1) is 11.5 Å². The van der Waals surface area contributed by atoms with Gasteiger partial charge in [0.15, 0.2) is 0 Å². The molecule has 3 aromatic carbocycles. The first-order chi connectivity index (χ1) is 15.6. The van der Waals surface area contributed by atoms with Gasteiger partial charge in [-0.15, -0.1) is 0 Å². The summed E-state index contributed by atoms with van der Waals surface area (Å²) < 4.78 is 13.5. The Morgan fingerprint density at radius 3 is 1.91 bits per heavy atom. The number of halogens is 1. The largest absolute Gasteiger partial charge is 0.292 e. The van der Waals surface area contributed by atoms with Crippen LogP contribution in [0.4, 0.5) is 4.39 Å². The van der Waals surface area contributed by atoms with Crippen molar-refractivity contribution in [1.82, 2.24) is 4.90 Å². The topological polar surface area (TPSA) is 27.0 Å². The Labute approximate surface area is 191 Å². The molecule has 1 fully saturated rings. The van der Waals surface area contributed by atoms with Crippen LogP contribution in [0, 0.1) is 23.1 Å². The molecule has 0 N–H and O–H groups in total. The van der Waals surface area contributed by atoms with Gasteiger partial charge in [0, 0.05) is 19.1 Å². The lowest BCUT2D eigenvalue weighted by Crippen LogP contribution is -2.35. The van der Waals surface area contributed by atoms with Crippen molar-refractivity contribution in [3.63, 3.8) is 0 Å². The lowest BCUT2D eigenvalue weighted by molar-refractivity contribution is 0.171. The molecule has 1 saturated carbocycles. The van der Waals surface area contributed by atoms with E-state index in [1.54, 1.807) is 0 Å². The summed E-state index contributed by atoms with van der Waals surface area (Å²) in [5.41, 5.74) is 3.03. The van der Waals surface area contributed by atoms with E-state index in [4.69, 9.17) is 0 Å². The second-order valence-electron chi connectivity index (χ2n) is 9.13. The van der Waals surface area contributed by atoms with Crippen molar-refractivity contribution >= 4 is 0 Å². The van der Waals surface area contributed by atoms with Gasteiger partial charge in [0.1, 0.15) is 5.82 Å². The van der Waals surface area contributed by atoms with Gasteiger partial charge in [-0.1, -0.05) is 72.8 Å². The molecule has 0 aromatic heterocycles. The molecule has 3 aromatic rings. The van der Waals surface area contributed by atoms with E-state index in [-0.39, 0.29) is 5.82 Å². The lowest BCUT2D eigenvalue weighted by atomic mass is 9.73. The van der Waals surface area contributed by atoms with E-state index >= 15 is 0 Å². The average Bonchev–Trinajstić information content (AvgIpc) is 3.67. The average molecular weight is 427 g/mol. The van der Waals surface area contributed by atoms with Gasteiger partial charge in [0.25, 0.3) is 0 Å². The molecule has 0 radical (unpaired) electrons. The maximum absolute atomic E-state index is 13.5. The second-order valence-corrected chi connectivity index (χ2v) is 9.13. The summed E-state index contributed by atoms with van der Waals surface area (Å²) in [7, 11) is 0. The number of nitriles is 1. The number of benzene rings is 3. The maximum atomic E-state index is 13.5. The van der Waals surface area contributed by atoms with E-state index in [2.05, 4.69) is 66.4 Å². The molecule has 0 saturated heterocycles. The molecular weight excluding hydrogens is 395 g/mol. The van der Waals surface area contributed by atoms with E-state index in [9.17, 15) is 9.65 Å². The smallest absolute Gasteiger partial charge is 0.123 e. The van der Waals surface area contributed by atoms with Gasteiger partial charge in [0.2, 0.25) is 0 Å². The highest BCUT2D eigenvalue weighted by atomic mass is 19.1. The first-order valence-corrected chi connectivity index (χ1v) is 11.6. The SMILES string of the molecule is CC(CCC(C#N)(c1ccc(F)cc1)C1CC1)N(Cc1ccccc1)Cc1ccccc1. The number of rotatable bonds is 10. The van der Waals surface area contributed by atoms with E-state index in [1.165, 1.54) is 23.3 Å². The molecule has 2 nitrogen and oxygen atoms in total.